The molecule has 0 aliphatic rings. The van der Waals surface area contributed by atoms with Gasteiger partial charge in [-0.25, -0.2) is 0 Å². The highest BCUT2D eigenvalue weighted by Crippen LogP contribution is 2.04. The molecule has 0 aromatic carbocycles. The van der Waals surface area contributed by atoms with Gasteiger partial charge in [0.25, 0.3) is 0 Å². The predicted molar refractivity (Wildman–Crippen MR) is 41.5 cm³/mol. The highest BCUT2D eigenvalue weighted by atomic mass is 14.7. The molecule has 2 aromatic rings. The number of hydrogen-bond donors (Lipinski definition) is 1. The fourth-order valence-electron chi connectivity index (χ4n) is 0.994. The third-order valence-electron chi connectivity index (χ3n) is 1.52. The van der Waals surface area contributed by atoms with Crippen molar-refractivity contribution in [2.24, 2.45) is 0 Å². The van der Waals surface area contributed by atoms with Gasteiger partial charge in [0.15, 0.2) is 0 Å². The molecule has 0 fully saturated rings. The quantitative estimate of drug-likeness (QED) is 0.509. The lowest BCUT2D eigenvalue weighted by molar-refractivity contribution is 1.34. The van der Waals surface area contributed by atoms with Gasteiger partial charge in [0.1, 0.15) is 7.85 Å². The average Bonchev–Trinajstić information content (AvgIpc) is 2.34. The van der Waals surface area contributed by atoms with E-state index in [4.69, 9.17) is 7.85 Å². The Balaban J connectivity index is 2.93. The molecular weight excluding hydrogens is 123 g/mol. The van der Waals surface area contributed by atoms with Crippen LogP contribution in [0.1, 0.15) is 0 Å². The second-order valence-electron chi connectivity index (χ2n) is 2.17. The smallest absolute Gasteiger partial charge is 0.116 e. The zero-order valence-corrected chi connectivity index (χ0v) is 5.33. The standard InChI is InChI=1S/C7H5BN2/c8-6-3-10-7-4-9-2-1-5(6)7/h1-4,10H. The van der Waals surface area contributed by atoms with E-state index >= 15 is 0 Å². The van der Waals surface area contributed by atoms with Crippen molar-refractivity contribution in [3.05, 3.63) is 24.7 Å². The molecule has 2 heterocycles. The lowest BCUT2D eigenvalue weighted by atomic mass is 9.97. The normalized spacial score (nSPS) is 10.4. The van der Waals surface area contributed by atoms with Crippen LogP contribution in [0.15, 0.2) is 24.7 Å². The minimum atomic E-state index is 0.775. The molecule has 0 saturated carbocycles. The molecule has 1 N–H and O–H groups in total. The fourth-order valence-corrected chi connectivity index (χ4v) is 0.994. The Hall–Kier alpha value is -1.25. The molecule has 0 bridgehead atoms. The monoisotopic (exact) mass is 128 g/mol. The molecule has 10 heavy (non-hydrogen) atoms. The Labute approximate surface area is 59.7 Å². The van der Waals surface area contributed by atoms with Crippen LogP contribution in [0.4, 0.5) is 0 Å². The lowest BCUT2D eigenvalue weighted by Crippen LogP contribution is -1.96. The number of nitrogens with one attached hydrogen (secondary N) is 1. The summed E-state index contributed by atoms with van der Waals surface area (Å²) in [4.78, 5) is 6.94. The van der Waals surface area contributed by atoms with E-state index in [1.54, 1.807) is 18.6 Å². The largest absolute Gasteiger partial charge is 0.361 e. The van der Waals surface area contributed by atoms with Gasteiger partial charge < -0.3 is 4.98 Å². The van der Waals surface area contributed by atoms with Crippen LogP contribution in [0.3, 0.4) is 0 Å². The summed E-state index contributed by atoms with van der Waals surface area (Å²) < 4.78 is 0. The maximum absolute atomic E-state index is 5.62. The molecule has 3 heteroatoms. The summed E-state index contributed by atoms with van der Waals surface area (Å²) in [5.74, 6) is 0. The van der Waals surface area contributed by atoms with Crippen LogP contribution in [0.5, 0.6) is 0 Å². The van der Waals surface area contributed by atoms with Gasteiger partial charge in [-0.3, -0.25) is 4.98 Å². The number of fused-ring (bicyclic) bond motifs is 1. The number of aromatic amines is 1. The van der Waals surface area contributed by atoms with Crippen LogP contribution in [0.2, 0.25) is 0 Å². The van der Waals surface area contributed by atoms with Crippen molar-refractivity contribution in [3.63, 3.8) is 0 Å². The van der Waals surface area contributed by atoms with Crippen LogP contribution in [-0.4, -0.2) is 17.8 Å². The van der Waals surface area contributed by atoms with Gasteiger partial charge in [-0.2, -0.15) is 0 Å². The van der Waals surface area contributed by atoms with E-state index in [9.17, 15) is 0 Å². The van der Waals surface area contributed by atoms with Gasteiger partial charge in [0.05, 0.1) is 11.7 Å². The van der Waals surface area contributed by atoms with Gasteiger partial charge >= 0.3 is 0 Å². The summed E-state index contributed by atoms with van der Waals surface area (Å²) in [6.07, 6.45) is 5.25. The van der Waals surface area contributed by atoms with Gasteiger partial charge in [-0.15, -0.1) is 0 Å². The van der Waals surface area contributed by atoms with Crippen LogP contribution >= 0.6 is 0 Å². The van der Waals surface area contributed by atoms with Crippen LogP contribution in [-0.2, 0) is 0 Å². The third kappa shape index (κ3) is 0.636. The van der Waals surface area contributed by atoms with Gasteiger partial charge in [0.2, 0.25) is 0 Å². The number of H-pyrrole nitrogens is 1. The Bertz CT molecular complexity index is 353. The number of aromatic nitrogens is 2. The van der Waals surface area contributed by atoms with Gasteiger partial charge in [-0.1, -0.05) is 5.46 Å². The van der Waals surface area contributed by atoms with E-state index in [1.165, 1.54) is 0 Å². The molecule has 2 nitrogen and oxygen atoms in total. The molecule has 0 saturated heterocycles. The first-order chi connectivity index (χ1) is 4.88. The van der Waals surface area contributed by atoms with Crippen molar-refractivity contribution in [1.82, 2.24) is 9.97 Å². The molecular formula is C7H5BN2. The lowest BCUT2D eigenvalue weighted by Gasteiger charge is -1.86. The first-order valence-corrected chi connectivity index (χ1v) is 3.04. The Kier molecular flexibility index (Phi) is 1.03. The summed E-state index contributed by atoms with van der Waals surface area (Å²) in [5, 5.41) is 1.04. The fraction of sp³-hybridized carbons (Fsp3) is 0. The van der Waals surface area contributed by atoms with Crippen molar-refractivity contribution in [2.75, 3.05) is 0 Å². The summed E-state index contributed by atoms with van der Waals surface area (Å²) in [7, 11) is 5.62. The zero-order valence-electron chi connectivity index (χ0n) is 5.33. The molecule has 2 aromatic heterocycles. The highest BCUT2D eigenvalue weighted by molar-refractivity contribution is 6.38. The Morgan fingerprint density at radius 1 is 1.50 bits per heavy atom. The van der Waals surface area contributed by atoms with Crippen molar-refractivity contribution in [3.8, 4) is 0 Å². The highest BCUT2D eigenvalue weighted by Gasteiger charge is 1.94. The molecule has 0 spiro atoms. The molecule has 0 amide bonds. The van der Waals surface area contributed by atoms with E-state index in [0.29, 0.717) is 0 Å². The van der Waals surface area contributed by atoms with Crippen molar-refractivity contribution < 1.29 is 0 Å². The molecule has 2 rings (SSSR count). The second-order valence-corrected chi connectivity index (χ2v) is 2.17. The first-order valence-electron chi connectivity index (χ1n) is 3.04. The second kappa shape index (κ2) is 1.87. The topological polar surface area (TPSA) is 28.7 Å². The van der Waals surface area contributed by atoms with Crippen molar-refractivity contribution in [1.29, 1.82) is 0 Å². The number of pyridine rings is 1. The Morgan fingerprint density at radius 2 is 2.40 bits per heavy atom. The zero-order chi connectivity index (χ0) is 6.97. The van der Waals surface area contributed by atoms with Crippen molar-refractivity contribution in [2.45, 2.75) is 0 Å². The average molecular weight is 128 g/mol. The molecule has 0 aliphatic carbocycles. The third-order valence-corrected chi connectivity index (χ3v) is 1.52. The number of hydrogen-bond acceptors (Lipinski definition) is 1. The van der Waals surface area contributed by atoms with Crippen LogP contribution in [0.25, 0.3) is 10.9 Å². The molecule has 0 aliphatic heterocycles. The maximum atomic E-state index is 5.62. The van der Waals surface area contributed by atoms with Crippen LogP contribution in [0, 0.1) is 0 Å². The van der Waals surface area contributed by atoms with Gasteiger partial charge in [0, 0.05) is 6.20 Å². The van der Waals surface area contributed by atoms with E-state index in [1.807, 2.05) is 6.07 Å². The summed E-state index contributed by atoms with van der Waals surface area (Å²) >= 11 is 0. The predicted octanol–water partition coefficient (Wildman–Crippen LogP) is 0.357. The van der Waals surface area contributed by atoms with Crippen LogP contribution < -0.4 is 5.46 Å². The summed E-state index contributed by atoms with van der Waals surface area (Å²) in [6.45, 7) is 0. The molecule has 0 unspecified atom stereocenters. The summed E-state index contributed by atoms with van der Waals surface area (Å²) in [6, 6.07) is 1.89. The SMILES string of the molecule is [B]c1c[nH]c2cnccc12. The van der Waals surface area contributed by atoms with Crippen molar-refractivity contribution >= 4 is 24.2 Å². The maximum Gasteiger partial charge on any atom is 0.116 e. The summed E-state index contributed by atoms with van der Waals surface area (Å²) in [5.41, 5.74) is 1.76. The van der Waals surface area contributed by atoms with E-state index < -0.39 is 0 Å². The van der Waals surface area contributed by atoms with Gasteiger partial charge in [-0.05, 0) is 17.6 Å². The molecule has 46 valence electrons. The molecule has 0 atom stereocenters. The Morgan fingerprint density at radius 3 is 3.20 bits per heavy atom. The van der Waals surface area contributed by atoms with E-state index in [0.717, 1.165) is 16.4 Å². The first kappa shape index (κ1) is 5.53. The molecule has 2 radical (unpaired) electrons. The number of nitrogens with zero attached hydrogens (tertiary/aromatic N) is 1. The number of rotatable bonds is 0. The van der Waals surface area contributed by atoms with E-state index in [2.05, 4.69) is 9.97 Å². The minimum absolute atomic E-state index is 0.775. The minimum Gasteiger partial charge on any atom is -0.361 e. The van der Waals surface area contributed by atoms with E-state index in [-0.39, 0.29) is 0 Å².